The van der Waals surface area contributed by atoms with Crippen LogP contribution >= 0.6 is 11.6 Å². The molecule has 1 aliphatic rings. The highest BCUT2D eigenvalue weighted by molar-refractivity contribution is 6.30. The second kappa shape index (κ2) is 7.27. The molecule has 3 rings (SSSR count). The third-order valence-corrected chi connectivity index (χ3v) is 4.45. The van der Waals surface area contributed by atoms with Crippen LogP contribution in [0, 0.1) is 0 Å². The SMILES string of the molecule is C[C@@H]1Cc2nc(-c3ccc(Cl)cc3)ncc2C(=O)N1CC(=O)OC(C)(C)C. The maximum atomic E-state index is 12.8. The van der Waals surface area contributed by atoms with Gasteiger partial charge in [-0.05, 0) is 52.0 Å². The van der Waals surface area contributed by atoms with E-state index in [9.17, 15) is 9.59 Å². The predicted molar refractivity (Wildman–Crippen MR) is 103 cm³/mol. The Morgan fingerprint density at radius 3 is 2.59 bits per heavy atom. The van der Waals surface area contributed by atoms with Gasteiger partial charge in [0.1, 0.15) is 12.1 Å². The van der Waals surface area contributed by atoms with Gasteiger partial charge in [0.25, 0.3) is 5.91 Å². The zero-order valence-electron chi connectivity index (χ0n) is 15.8. The highest BCUT2D eigenvalue weighted by atomic mass is 35.5. The number of hydrogen-bond acceptors (Lipinski definition) is 5. The van der Waals surface area contributed by atoms with Crippen molar-refractivity contribution in [2.45, 2.75) is 45.8 Å². The summed E-state index contributed by atoms with van der Waals surface area (Å²) in [5.74, 6) is -0.131. The Morgan fingerprint density at radius 1 is 1.30 bits per heavy atom. The van der Waals surface area contributed by atoms with Crippen molar-refractivity contribution in [1.82, 2.24) is 14.9 Å². The molecule has 0 saturated carbocycles. The van der Waals surface area contributed by atoms with Crippen LogP contribution in [0.1, 0.15) is 43.7 Å². The molecule has 142 valence electrons. The third-order valence-electron chi connectivity index (χ3n) is 4.20. The Morgan fingerprint density at radius 2 is 1.96 bits per heavy atom. The summed E-state index contributed by atoms with van der Waals surface area (Å²) in [4.78, 5) is 35.4. The highest BCUT2D eigenvalue weighted by Gasteiger charge is 2.33. The van der Waals surface area contributed by atoms with Crippen LogP contribution in [0.3, 0.4) is 0 Å². The van der Waals surface area contributed by atoms with E-state index in [-0.39, 0.29) is 18.5 Å². The van der Waals surface area contributed by atoms with E-state index in [0.717, 1.165) is 5.56 Å². The number of carbonyl (C=O) groups is 2. The van der Waals surface area contributed by atoms with Gasteiger partial charge in [0.2, 0.25) is 0 Å². The number of aromatic nitrogens is 2. The quantitative estimate of drug-likeness (QED) is 0.753. The van der Waals surface area contributed by atoms with Crippen LogP contribution < -0.4 is 0 Å². The first kappa shape index (κ1) is 19.3. The minimum atomic E-state index is -0.590. The largest absolute Gasteiger partial charge is 0.459 e. The number of ether oxygens (including phenoxy) is 1. The van der Waals surface area contributed by atoms with Crippen LogP contribution in [0.5, 0.6) is 0 Å². The lowest BCUT2D eigenvalue weighted by atomic mass is 10.00. The summed E-state index contributed by atoms with van der Waals surface area (Å²) < 4.78 is 5.34. The summed E-state index contributed by atoms with van der Waals surface area (Å²) in [6.07, 6.45) is 2.08. The molecule has 1 aromatic carbocycles. The van der Waals surface area contributed by atoms with E-state index in [1.807, 2.05) is 19.1 Å². The van der Waals surface area contributed by atoms with E-state index in [2.05, 4.69) is 9.97 Å². The van der Waals surface area contributed by atoms with Crippen LogP contribution in [0.15, 0.2) is 30.5 Å². The summed E-state index contributed by atoms with van der Waals surface area (Å²) in [7, 11) is 0. The van der Waals surface area contributed by atoms with Crippen LogP contribution in [0.2, 0.25) is 5.02 Å². The van der Waals surface area contributed by atoms with Crippen molar-refractivity contribution in [2.24, 2.45) is 0 Å². The summed E-state index contributed by atoms with van der Waals surface area (Å²) in [5, 5.41) is 0.637. The van der Waals surface area contributed by atoms with Gasteiger partial charge in [0.15, 0.2) is 5.82 Å². The Labute approximate surface area is 163 Å². The molecule has 1 atom stereocenters. The molecule has 2 aromatic rings. The number of fused-ring (bicyclic) bond motifs is 1. The predicted octanol–water partition coefficient (Wildman–Crippen LogP) is 3.53. The zero-order valence-corrected chi connectivity index (χ0v) is 16.6. The van der Waals surface area contributed by atoms with Gasteiger partial charge in [-0.25, -0.2) is 9.97 Å². The molecule has 2 heterocycles. The van der Waals surface area contributed by atoms with Crippen LogP contribution in [-0.4, -0.2) is 44.9 Å². The van der Waals surface area contributed by atoms with Crippen molar-refractivity contribution in [3.8, 4) is 11.4 Å². The molecule has 0 radical (unpaired) electrons. The molecule has 0 N–H and O–H groups in total. The molecule has 1 aliphatic heterocycles. The molecular formula is C20H22ClN3O3. The Kier molecular flexibility index (Phi) is 5.20. The number of rotatable bonds is 3. The Balaban J connectivity index is 1.83. The number of amides is 1. The maximum absolute atomic E-state index is 12.8. The van der Waals surface area contributed by atoms with Gasteiger partial charge < -0.3 is 9.64 Å². The van der Waals surface area contributed by atoms with Gasteiger partial charge in [0.05, 0.1) is 11.3 Å². The van der Waals surface area contributed by atoms with Crippen molar-refractivity contribution in [2.75, 3.05) is 6.54 Å². The number of nitrogens with zero attached hydrogens (tertiary/aromatic N) is 3. The monoisotopic (exact) mass is 387 g/mol. The fourth-order valence-electron chi connectivity index (χ4n) is 2.97. The zero-order chi connectivity index (χ0) is 19.8. The Bertz CT molecular complexity index is 875. The van der Waals surface area contributed by atoms with E-state index in [4.69, 9.17) is 16.3 Å². The fourth-order valence-corrected chi connectivity index (χ4v) is 3.10. The highest BCUT2D eigenvalue weighted by Crippen LogP contribution is 2.25. The lowest BCUT2D eigenvalue weighted by Crippen LogP contribution is -2.48. The summed E-state index contributed by atoms with van der Waals surface area (Å²) in [6, 6.07) is 7.07. The lowest BCUT2D eigenvalue weighted by Gasteiger charge is -2.34. The molecule has 27 heavy (non-hydrogen) atoms. The topological polar surface area (TPSA) is 72.4 Å². The average molecular weight is 388 g/mol. The minimum Gasteiger partial charge on any atom is -0.459 e. The minimum absolute atomic E-state index is 0.0877. The van der Waals surface area contributed by atoms with Gasteiger partial charge in [-0.3, -0.25) is 9.59 Å². The van der Waals surface area contributed by atoms with Crippen molar-refractivity contribution >= 4 is 23.5 Å². The standard InChI is InChI=1S/C20H22ClN3O3/c1-12-9-16-15(19(26)24(12)11-17(25)27-20(2,3)4)10-22-18(23-16)13-5-7-14(21)8-6-13/h5-8,10,12H,9,11H2,1-4H3/t12-/m1/s1. The maximum Gasteiger partial charge on any atom is 0.326 e. The molecule has 6 nitrogen and oxygen atoms in total. The van der Waals surface area contributed by atoms with Crippen molar-refractivity contribution in [1.29, 1.82) is 0 Å². The van der Waals surface area contributed by atoms with E-state index < -0.39 is 11.6 Å². The number of halogens is 1. The van der Waals surface area contributed by atoms with Crippen molar-refractivity contribution in [3.63, 3.8) is 0 Å². The first-order valence-corrected chi connectivity index (χ1v) is 9.16. The van der Waals surface area contributed by atoms with E-state index in [0.29, 0.717) is 28.5 Å². The summed E-state index contributed by atoms with van der Waals surface area (Å²) in [6.45, 7) is 7.21. The Hall–Kier alpha value is -2.47. The van der Waals surface area contributed by atoms with Gasteiger partial charge in [-0.15, -0.1) is 0 Å². The van der Waals surface area contributed by atoms with Crippen LogP contribution in [-0.2, 0) is 16.0 Å². The number of benzene rings is 1. The van der Waals surface area contributed by atoms with Gasteiger partial charge in [-0.1, -0.05) is 11.6 Å². The van der Waals surface area contributed by atoms with Gasteiger partial charge in [0, 0.05) is 29.2 Å². The summed E-state index contributed by atoms with van der Waals surface area (Å²) >= 11 is 5.92. The first-order valence-electron chi connectivity index (χ1n) is 8.79. The lowest BCUT2D eigenvalue weighted by molar-refractivity contribution is -0.156. The molecule has 7 heteroatoms. The molecule has 1 amide bonds. The first-order chi connectivity index (χ1) is 12.6. The van der Waals surface area contributed by atoms with Crippen molar-refractivity contribution < 1.29 is 14.3 Å². The molecule has 0 bridgehead atoms. The fraction of sp³-hybridized carbons (Fsp3) is 0.400. The second-order valence-corrected chi connectivity index (χ2v) is 8.07. The third kappa shape index (κ3) is 4.45. The number of carbonyl (C=O) groups excluding carboxylic acids is 2. The molecule has 1 aromatic heterocycles. The summed E-state index contributed by atoms with van der Waals surface area (Å²) in [5.41, 5.74) is 1.36. The van der Waals surface area contributed by atoms with Crippen LogP contribution in [0.25, 0.3) is 11.4 Å². The van der Waals surface area contributed by atoms with Crippen LogP contribution in [0.4, 0.5) is 0 Å². The van der Waals surface area contributed by atoms with E-state index in [1.54, 1.807) is 32.9 Å². The van der Waals surface area contributed by atoms with E-state index >= 15 is 0 Å². The molecule has 0 unspecified atom stereocenters. The van der Waals surface area contributed by atoms with Crippen molar-refractivity contribution in [3.05, 3.63) is 46.7 Å². The average Bonchev–Trinajstić information content (AvgIpc) is 2.57. The smallest absolute Gasteiger partial charge is 0.326 e. The van der Waals surface area contributed by atoms with Gasteiger partial charge in [-0.2, -0.15) is 0 Å². The van der Waals surface area contributed by atoms with E-state index in [1.165, 1.54) is 11.1 Å². The molecular weight excluding hydrogens is 366 g/mol. The number of hydrogen-bond donors (Lipinski definition) is 0. The molecule has 0 spiro atoms. The molecule has 0 fully saturated rings. The van der Waals surface area contributed by atoms with Gasteiger partial charge >= 0.3 is 5.97 Å². The second-order valence-electron chi connectivity index (χ2n) is 7.63. The molecule has 0 saturated heterocycles. The normalized spacial score (nSPS) is 16.9. The number of esters is 1. The molecule has 0 aliphatic carbocycles.